The summed E-state index contributed by atoms with van der Waals surface area (Å²) in [5.41, 5.74) is 1.70. The minimum Gasteiger partial charge on any atom is -0.357 e. The Bertz CT molecular complexity index is 700. The van der Waals surface area contributed by atoms with E-state index in [1.165, 1.54) is 0 Å². The van der Waals surface area contributed by atoms with Gasteiger partial charge in [0.1, 0.15) is 0 Å². The quantitative estimate of drug-likeness (QED) is 0.281. The molecule has 1 aromatic carbocycles. The van der Waals surface area contributed by atoms with Crippen molar-refractivity contribution in [3.8, 4) is 0 Å². The lowest BCUT2D eigenvalue weighted by Crippen LogP contribution is -2.42. The van der Waals surface area contributed by atoms with E-state index < -0.39 is 10.0 Å². The number of aliphatic imine (C=N–C) groups is 1. The van der Waals surface area contributed by atoms with Crippen LogP contribution >= 0.6 is 24.0 Å². The zero-order chi connectivity index (χ0) is 19.8. The van der Waals surface area contributed by atoms with Gasteiger partial charge in [0.2, 0.25) is 10.0 Å². The second-order valence-electron chi connectivity index (χ2n) is 7.87. The number of anilines is 1. The number of halogens is 1. The average Bonchev–Trinajstić information content (AvgIpc) is 2.50. The molecule has 0 amide bonds. The fourth-order valence-corrected chi connectivity index (χ4v) is 3.00. The van der Waals surface area contributed by atoms with E-state index in [0.29, 0.717) is 23.7 Å². The van der Waals surface area contributed by atoms with Gasteiger partial charge in [-0.15, -0.1) is 24.0 Å². The molecular formula is C19H35IN4O2S. The minimum atomic E-state index is -3.32. The van der Waals surface area contributed by atoms with Crippen LogP contribution in [-0.2, 0) is 16.6 Å². The Kier molecular flexibility index (Phi) is 11.3. The molecule has 1 unspecified atom stereocenters. The van der Waals surface area contributed by atoms with Gasteiger partial charge in [-0.05, 0) is 43.7 Å². The van der Waals surface area contributed by atoms with Gasteiger partial charge < -0.3 is 10.6 Å². The third-order valence-electron chi connectivity index (χ3n) is 3.77. The zero-order valence-electron chi connectivity index (χ0n) is 17.3. The maximum absolute atomic E-state index is 11.5. The molecule has 0 aliphatic rings. The minimum absolute atomic E-state index is 0. The van der Waals surface area contributed by atoms with Gasteiger partial charge in [0.05, 0.1) is 18.5 Å². The van der Waals surface area contributed by atoms with Crippen molar-refractivity contribution in [3.63, 3.8) is 0 Å². The largest absolute Gasteiger partial charge is 0.357 e. The molecule has 27 heavy (non-hydrogen) atoms. The number of guanidine groups is 1. The number of benzene rings is 1. The smallest absolute Gasteiger partial charge is 0.229 e. The van der Waals surface area contributed by atoms with Crippen LogP contribution in [0.15, 0.2) is 29.3 Å². The van der Waals surface area contributed by atoms with E-state index in [9.17, 15) is 8.42 Å². The molecule has 0 heterocycles. The van der Waals surface area contributed by atoms with Crippen LogP contribution in [0.4, 0.5) is 5.69 Å². The lowest BCUT2D eigenvalue weighted by molar-refractivity contribution is 0.346. The molecule has 0 radical (unpaired) electrons. The lowest BCUT2D eigenvalue weighted by atomic mass is 9.89. The predicted octanol–water partition coefficient (Wildman–Crippen LogP) is 3.95. The second-order valence-corrected chi connectivity index (χ2v) is 9.62. The van der Waals surface area contributed by atoms with Crippen molar-refractivity contribution >= 4 is 45.6 Å². The first-order valence-corrected chi connectivity index (χ1v) is 11.0. The zero-order valence-corrected chi connectivity index (χ0v) is 20.4. The van der Waals surface area contributed by atoms with E-state index >= 15 is 0 Å². The summed E-state index contributed by atoms with van der Waals surface area (Å²) in [7, 11) is -3.32. The molecule has 1 atom stereocenters. The highest BCUT2D eigenvalue weighted by Gasteiger charge is 2.13. The Morgan fingerprint density at radius 3 is 2.41 bits per heavy atom. The fraction of sp³-hybridized carbons (Fsp3) is 0.632. The van der Waals surface area contributed by atoms with E-state index in [4.69, 9.17) is 0 Å². The van der Waals surface area contributed by atoms with Crippen molar-refractivity contribution < 1.29 is 8.42 Å². The molecule has 1 rings (SSSR count). The maximum Gasteiger partial charge on any atom is 0.229 e. The standard InChI is InChI=1S/C19H34N4O2S.HI/c1-7-20-18(22-15(2)12-13-19(3,4)5)21-14-16-10-8-9-11-17(16)23-26(6,24)25;/h8-11,15,23H,7,12-14H2,1-6H3,(H2,20,21,22);1H. The summed E-state index contributed by atoms with van der Waals surface area (Å²) in [6.45, 7) is 12.1. The Morgan fingerprint density at radius 2 is 1.85 bits per heavy atom. The number of hydrogen-bond acceptors (Lipinski definition) is 3. The monoisotopic (exact) mass is 510 g/mol. The Morgan fingerprint density at radius 1 is 1.22 bits per heavy atom. The SMILES string of the molecule is CCNC(=NCc1ccccc1NS(C)(=O)=O)NC(C)CCC(C)(C)C.I. The molecule has 0 bridgehead atoms. The summed E-state index contributed by atoms with van der Waals surface area (Å²) in [6.07, 6.45) is 3.33. The summed E-state index contributed by atoms with van der Waals surface area (Å²) in [5.74, 6) is 0.739. The molecule has 0 saturated carbocycles. The summed E-state index contributed by atoms with van der Waals surface area (Å²) < 4.78 is 25.6. The van der Waals surface area contributed by atoms with Crippen LogP contribution in [-0.4, -0.2) is 33.2 Å². The summed E-state index contributed by atoms with van der Waals surface area (Å²) >= 11 is 0. The molecule has 156 valence electrons. The van der Waals surface area contributed by atoms with Gasteiger partial charge in [-0.3, -0.25) is 4.72 Å². The van der Waals surface area contributed by atoms with E-state index in [1.807, 2.05) is 19.1 Å². The Balaban J connectivity index is 0.00000676. The van der Waals surface area contributed by atoms with Gasteiger partial charge in [-0.1, -0.05) is 39.0 Å². The molecule has 0 aliphatic carbocycles. The van der Waals surface area contributed by atoms with Crippen molar-refractivity contribution in [1.29, 1.82) is 0 Å². The predicted molar refractivity (Wildman–Crippen MR) is 126 cm³/mol. The fourth-order valence-electron chi connectivity index (χ4n) is 2.40. The highest BCUT2D eigenvalue weighted by molar-refractivity contribution is 14.0. The summed E-state index contributed by atoms with van der Waals surface area (Å²) in [5, 5.41) is 6.68. The molecule has 0 aliphatic heterocycles. The maximum atomic E-state index is 11.5. The number of hydrogen-bond donors (Lipinski definition) is 3. The van der Waals surface area contributed by atoms with E-state index in [2.05, 4.69) is 48.0 Å². The first-order chi connectivity index (χ1) is 12.0. The van der Waals surface area contributed by atoms with Gasteiger partial charge in [-0.25, -0.2) is 13.4 Å². The van der Waals surface area contributed by atoms with E-state index in [-0.39, 0.29) is 24.0 Å². The molecule has 0 spiro atoms. The van der Waals surface area contributed by atoms with E-state index in [1.54, 1.807) is 12.1 Å². The summed E-state index contributed by atoms with van der Waals surface area (Å²) in [6, 6.07) is 7.61. The molecule has 8 heteroatoms. The number of sulfonamides is 1. The first-order valence-electron chi connectivity index (χ1n) is 9.10. The van der Waals surface area contributed by atoms with Gasteiger partial charge >= 0.3 is 0 Å². The number of nitrogens with zero attached hydrogens (tertiary/aromatic N) is 1. The Labute approximate surface area is 182 Å². The molecule has 6 nitrogen and oxygen atoms in total. The molecule has 0 saturated heterocycles. The second kappa shape index (κ2) is 11.7. The van der Waals surface area contributed by atoms with Crippen molar-refractivity contribution in [2.75, 3.05) is 17.5 Å². The number of para-hydroxylation sites is 1. The van der Waals surface area contributed by atoms with Crippen LogP contribution in [0.3, 0.4) is 0 Å². The van der Waals surface area contributed by atoms with Crippen LogP contribution in [0.25, 0.3) is 0 Å². The molecule has 0 aromatic heterocycles. The summed E-state index contributed by atoms with van der Waals surface area (Å²) in [4.78, 5) is 4.62. The molecule has 1 aromatic rings. The molecular weight excluding hydrogens is 475 g/mol. The Hall–Kier alpha value is -1.03. The number of rotatable bonds is 8. The average molecular weight is 510 g/mol. The highest BCUT2D eigenvalue weighted by atomic mass is 127. The van der Waals surface area contributed by atoms with Gasteiger partial charge in [-0.2, -0.15) is 0 Å². The first kappa shape index (κ1) is 26.0. The van der Waals surface area contributed by atoms with Crippen molar-refractivity contribution in [2.24, 2.45) is 10.4 Å². The van der Waals surface area contributed by atoms with Crippen molar-refractivity contribution in [1.82, 2.24) is 10.6 Å². The van der Waals surface area contributed by atoms with Crippen LogP contribution in [0, 0.1) is 5.41 Å². The van der Waals surface area contributed by atoms with Crippen LogP contribution in [0.2, 0.25) is 0 Å². The normalized spacial score (nSPS) is 13.5. The lowest BCUT2D eigenvalue weighted by Gasteiger charge is -2.23. The van der Waals surface area contributed by atoms with E-state index in [0.717, 1.165) is 37.2 Å². The highest BCUT2D eigenvalue weighted by Crippen LogP contribution is 2.21. The van der Waals surface area contributed by atoms with Crippen LogP contribution in [0.5, 0.6) is 0 Å². The third kappa shape index (κ3) is 12.1. The van der Waals surface area contributed by atoms with Gasteiger partial charge in [0, 0.05) is 12.6 Å². The molecule has 3 N–H and O–H groups in total. The van der Waals surface area contributed by atoms with Gasteiger partial charge in [0.25, 0.3) is 0 Å². The van der Waals surface area contributed by atoms with Crippen molar-refractivity contribution in [3.05, 3.63) is 29.8 Å². The topological polar surface area (TPSA) is 82.6 Å². The van der Waals surface area contributed by atoms with Crippen LogP contribution in [0.1, 0.15) is 53.0 Å². The van der Waals surface area contributed by atoms with Crippen molar-refractivity contribution in [2.45, 2.75) is 60.0 Å². The van der Waals surface area contributed by atoms with Crippen LogP contribution < -0.4 is 15.4 Å². The number of nitrogens with one attached hydrogen (secondary N) is 3. The van der Waals surface area contributed by atoms with Gasteiger partial charge in [0.15, 0.2) is 5.96 Å². The third-order valence-corrected chi connectivity index (χ3v) is 4.37. The molecule has 0 fully saturated rings.